The molecule has 3 aromatic heterocycles. The molecule has 31 heavy (non-hydrogen) atoms. The summed E-state index contributed by atoms with van der Waals surface area (Å²) >= 11 is 0. The normalized spacial score (nSPS) is 12.1. The molecule has 0 saturated carbocycles. The maximum atomic E-state index is 12.7. The lowest BCUT2D eigenvalue weighted by Crippen LogP contribution is -2.38. The lowest BCUT2D eigenvalue weighted by Gasteiger charge is -2.14. The second-order valence-corrected chi connectivity index (χ2v) is 7.68. The highest BCUT2D eigenvalue weighted by Crippen LogP contribution is 2.30. The molecule has 0 fully saturated rings. The number of hydrogen-bond donors (Lipinski definition) is 1. The topological polar surface area (TPSA) is 86.9 Å². The van der Waals surface area contributed by atoms with Gasteiger partial charge >= 0.3 is 0 Å². The third kappa shape index (κ3) is 4.42. The van der Waals surface area contributed by atoms with E-state index in [1.165, 1.54) is 0 Å². The largest absolute Gasteiger partial charge is 0.497 e. The van der Waals surface area contributed by atoms with Gasteiger partial charge in [-0.15, -0.1) is 0 Å². The third-order valence-electron chi connectivity index (χ3n) is 5.14. The predicted octanol–water partition coefficient (Wildman–Crippen LogP) is 3.13. The van der Waals surface area contributed by atoms with Gasteiger partial charge in [0.2, 0.25) is 5.91 Å². The zero-order chi connectivity index (χ0) is 22.0. The maximum absolute atomic E-state index is 12.7. The molecule has 0 aliphatic heterocycles. The minimum Gasteiger partial charge on any atom is -0.497 e. The number of rotatable bonds is 7. The standard InChI is InChI=1S/C23H26N6O2/c1-15-10-12-28(26-15)13-16(2)25-21(30)14-29-23-22(17(3)27-29)20(9-11-24-23)18-5-7-19(31-4)8-6-18/h5-12,16H,13-14H2,1-4H3,(H,25,30). The van der Waals surface area contributed by atoms with Crippen molar-refractivity contribution in [1.82, 2.24) is 29.9 Å². The van der Waals surface area contributed by atoms with Gasteiger partial charge in [0.25, 0.3) is 0 Å². The van der Waals surface area contributed by atoms with Crippen LogP contribution in [-0.4, -0.2) is 43.6 Å². The van der Waals surface area contributed by atoms with Crippen molar-refractivity contribution < 1.29 is 9.53 Å². The molecule has 8 heteroatoms. The van der Waals surface area contributed by atoms with E-state index in [-0.39, 0.29) is 18.5 Å². The molecule has 1 N–H and O–H groups in total. The van der Waals surface area contributed by atoms with Gasteiger partial charge in [-0.25, -0.2) is 9.67 Å². The Kier molecular flexibility index (Phi) is 5.70. The molecule has 4 aromatic rings. The summed E-state index contributed by atoms with van der Waals surface area (Å²) in [6.45, 7) is 6.55. The molecular weight excluding hydrogens is 392 g/mol. The van der Waals surface area contributed by atoms with E-state index >= 15 is 0 Å². The summed E-state index contributed by atoms with van der Waals surface area (Å²) in [5.74, 6) is 0.690. The first-order valence-corrected chi connectivity index (χ1v) is 10.2. The highest BCUT2D eigenvalue weighted by Gasteiger charge is 2.17. The molecular formula is C23H26N6O2. The van der Waals surface area contributed by atoms with Crippen LogP contribution in [0.5, 0.6) is 5.75 Å². The third-order valence-corrected chi connectivity index (χ3v) is 5.14. The lowest BCUT2D eigenvalue weighted by molar-refractivity contribution is -0.122. The van der Waals surface area contributed by atoms with E-state index in [1.807, 2.05) is 68.0 Å². The average molecular weight is 419 g/mol. The number of ether oxygens (including phenoxy) is 1. The Bertz CT molecular complexity index is 1210. The van der Waals surface area contributed by atoms with Crippen LogP contribution in [0.2, 0.25) is 0 Å². The zero-order valence-corrected chi connectivity index (χ0v) is 18.2. The molecule has 0 spiro atoms. The molecule has 1 atom stereocenters. The fraction of sp³-hybridized carbons (Fsp3) is 0.304. The van der Waals surface area contributed by atoms with Crippen molar-refractivity contribution in [3.05, 3.63) is 60.2 Å². The van der Waals surface area contributed by atoms with Crippen LogP contribution in [0.4, 0.5) is 0 Å². The summed E-state index contributed by atoms with van der Waals surface area (Å²) in [6.07, 6.45) is 3.66. The Balaban J connectivity index is 1.53. The van der Waals surface area contributed by atoms with E-state index in [0.29, 0.717) is 12.2 Å². The maximum Gasteiger partial charge on any atom is 0.242 e. The van der Waals surface area contributed by atoms with Crippen molar-refractivity contribution in [2.45, 2.75) is 39.9 Å². The van der Waals surface area contributed by atoms with Crippen molar-refractivity contribution in [2.75, 3.05) is 7.11 Å². The highest BCUT2D eigenvalue weighted by atomic mass is 16.5. The van der Waals surface area contributed by atoms with E-state index in [1.54, 1.807) is 18.0 Å². The Labute approximate surface area is 180 Å². The number of nitrogens with zero attached hydrogens (tertiary/aromatic N) is 5. The number of carbonyl (C=O) groups is 1. The van der Waals surface area contributed by atoms with E-state index in [4.69, 9.17) is 4.74 Å². The summed E-state index contributed by atoms with van der Waals surface area (Å²) < 4.78 is 8.75. The Morgan fingerprint density at radius 2 is 1.90 bits per heavy atom. The minimum absolute atomic E-state index is 0.0578. The Hall–Kier alpha value is -3.68. The van der Waals surface area contributed by atoms with Gasteiger partial charge in [0, 0.05) is 23.8 Å². The number of nitrogens with one attached hydrogen (secondary N) is 1. The molecule has 3 heterocycles. The van der Waals surface area contributed by atoms with Crippen LogP contribution < -0.4 is 10.1 Å². The first kappa shape index (κ1) is 20.6. The lowest BCUT2D eigenvalue weighted by atomic mass is 10.0. The number of methoxy groups -OCH3 is 1. The Morgan fingerprint density at radius 3 is 2.58 bits per heavy atom. The smallest absolute Gasteiger partial charge is 0.242 e. The molecule has 0 aliphatic carbocycles. The van der Waals surface area contributed by atoms with Crippen molar-refractivity contribution >= 4 is 16.9 Å². The first-order valence-electron chi connectivity index (χ1n) is 10.2. The van der Waals surface area contributed by atoms with Gasteiger partial charge in [-0.05, 0) is 56.2 Å². The van der Waals surface area contributed by atoms with Gasteiger partial charge in [-0.2, -0.15) is 10.2 Å². The SMILES string of the molecule is COc1ccc(-c2ccnc3c2c(C)nn3CC(=O)NC(C)Cn2ccc(C)n2)cc1. The Morgan fingerprint density at radius 1 is 1.13 bits per heavy atom. The van der Waals surface area contributed by atoms with E-state index in [2.05, 4.69) is 20.5 Å². The number of aromatic nitrogens is 5. The number of pyridine rings is 1. The minimum atomic E-state index is -0.113. The molecule has 1 amide bonds. The quantitative estimate of drug-likeness (QED) is 0.498. The molecule has 8 nitrogen and oxygen atoms in total. The fourth-order valence-corrected chi connectivity index (χ4v) is 3.75. The van der Waals surface area contributed by atoms with Crippen LogP contribution in [0.15, 0.2) is 48.8 Å². The van der Waals surface area contributed by atoms with Gasteiger partial charge in [0.15, 0.2) is 5.65 Å². The molecule has 4 rings (SSSR count). The van der Waals surface area contributed by atoms with Crippen LogP contribution in [0.1, 0.15) is 18.3 Å². The number of hydrogen-bond acceptors (Lipinski definition) is 5. The predicted molar refractivity (Wildman–Crippen MR) is 119 cm³/mol. The van der Waals surface area contributed by atoms with Crippen LogP contribution in [0.3, 0.4) is 0 Å². The molecule has 0 aliphatic rings. The van der Waals surface area contributed by atoms with Gasteiger partial charge in [-0.1, -0.05) is 12.1 Å². The second-order valence-electron chi connectivity index (χ2n) is 7.68. The van der Waals surface area contributed by atoms with Crippen molar-refractivity contribution in [1.29, 1.82) is 0 Å². The molecule has 0 radical (unpaired) electrons. The summed E-state index contributed by atoms with van der Waals surface area (Å²) in [5, 5.41) is 12.9. The average Bonchev–Trinajstić information content (AvgIpc) is 3.30. The highest BCUT2D eigenvalue weighted by molar-refractivity contribution is 5.95. The van der Waals surface area contributed by atoms with Crippen LogP contribution in [0, 0.1) is 13.8 Å². The first-order chi connectivity index (χ1) is 14.9. The van der Waals surface area contributed by atoms with E-state index < -0.39 is 0 Å². The van der Waals surface area contributed by atoms with Gasteiger partial charge in [0.1, 0.15) is 12.3 Å². The summed E-state index contributed by atoms with van der Waals surface area (Å²) in [4.78, 5) is 17.2. The van der Waals surface area contributed by atoms with Crippen LogP contribution >= 0.6 is 0 Å². The summed E-state index contributed by atoms with van der Waals surface area (Å²) in [5.41, 5.74) is 4.55. The second kappa shape index (κ2) is 8.59. The monoisotopic (exact) mass is 418 g/mol. The van der Waals surface area contributed by atoms with Gasteiger partial charge in [0.05, 0.1) is 25.0 Å². The fourth-order valence-electron chi connectivity index (χ4n) is 3.75. The molecule has 1 unspecified atom stereocenters. The number of aryl methyl sites for hydroxylation is 2. The number of fused-ring (bicyclic) bond motifs is 1. The molecule has 0 bridgehead atoms. The number of amides is 1. The van der Waals surface area contributed by atoms with E-state index in [0.717, 1.165) is 33.7 Å². The van der Waals surface area contributed by atoms with Crippen molar-refractivity contribution in [2.24, 2.45) is 0 Å². The van der Waals surface area contributed by atoms with Gasteiger partial charge < -0.3 is 10.1 Å². The summed E-state index contributed by atoms with van der Waals surface area (Å²) in [7, 11) is 1.65. The zero-order valence-electron chi connectivity index (χ0n) is 18.2. The molecule has 160 valence electrons. The molecule has 1 aromatic carbocycles. The van der Waals surface area contributed by atoms with Crippen molar-refractivity contribution in [3.63, 3.8) is 0 Å². The van der Waals surface area contributed by atoms with Crippen molar-refractivity contribution in [3.8, 4) is 16.9 Å². The van der Waals surface area contributed by atoms with Crippen LogP contribution in [0.25, 0.3) is 22.2 Å². The van der Waals surface area contributed by atoms with E-state index in [9.17, 15) is 4.79 Å². The molecule has 0 saturated heterocycles. The van der Waals surface area contributed by atoms with Gasteiger partial charge in [-0.3, -0.25) is 9.48 Å². The van der Waals surface area contributed by atoms with Crippen LogP contribution in [-0.2, 0) is 17.9 Å². The number of carbonyl (C=O) groups excluding carboxylic acids is 1. The summed E-state index contributed by atoms with van der Waals surface area (Å²) in [6, 6.07) is 11.7. The number of benzene rings is 1.